The molecule has 1 rings (SSSR count). The molecule has 0 aromatic carbocycles. The number of hydrogen-bond acceptors (Lipinski definition) is 5. The van der Waals surface area contributed by atoms with Crippen LogP contribution in [0.5, 0.6) is 11.8 Å². The van der Waals surface area contributed by atoms with Gasteiger partial charge >= 0.3 is 0 Å². The third kappa shape index (κ3) is 6.76. The molecular formula is C16H29N3O2. The molecule has 0 radical (unpaired) electrons. The van der Waals surface area contributed by atoms with Gasteiger partial charge < -0.3 is 14.8 Å². The van der Waals surface area contributed by atoms with Crippen molar-refractivity contribution in [3.05, 3.63) is 11.9 Å². The van der Waals surface area contributed by atoms with E-state index in [4.69, 9.17) is 9.47 Å². The molecule has 0 aliphatic rings. The first-order valence-corrected chi connectivity index (χ1v) is 7.81. The molecule has 0 amide bonds. The summed E-state index contributed by atoms with van der Waals surface area (Å²) in [6, 6.07) is 0. The average molecular weight is 295 g/mol. The normalized spacial score (nSPS) is 10.9. The predicted molar refractivity (Wildman–Crippen MR) is 84.8 cm³/mol. The molecular weight excluding hydrogens is 266 g/mol. The highest BCUT2D eigenvalue weighted by molar-refractivity contribution is 5.34. The molecule has 21 heavy (non-hydrogen) atoms. The summed E-state index contributed by atoms with van der Waals surface area (Å²) in [5.41, 5.74) is 0.877. The topological polar surface area (TPSA) is 56.3 Å². The van der Waals surface area contributed by atoms with E-state index in [1.165, 1.54) is 38.4 Å². The Morgan fingerprint density at radius 3 is 2.19 bits per heavy atom. The lowest BCUT2D eigenvalue weighted by Crippen LogP contribution is -2.16. The summed E-state index contributed by atoms with van der Waals surface area (Å²) in [7, 11) is 3.22. The van der Waals surface area contributed by atoms with E-state index in [0.717, 1.165) is 18.0 Å². The molecule has 120 valence electrons. The second kappa shape index (κ2) is 10.4. The van der Waals surface area contributed by atoms with Crippen molar-refractivity contribution >= 4 is 0 Å². The Kier molecular flexibility index (Phi) is 8.74. The molecule has 0 saturated heterocycles. The van der Waals surface area contributed by atoms with Gasteiger partial charge in [-0.3, -0.25) is 0 Å². The van der Waals surface area contributed by atoms with Crippen LogP contribution in [0.15, 0.2) is 6.33 Å². The number of nitrogens with zero attached hydrogens (tertiary/aromatic N) is 2. The molecule has 1 heterocycles. The van der Waals surface area contributed by atoms with E-state index in [9.17, 15) is 0 Å². The molecule has 0 atom stereocenters. The predicted octanol–water partition coefficient (Wildman–Crippen LogP) is 3.19. The molecule has 1 N–H and O–H groups in total. The Labute approximate surface area is 128 Å². The standard InChI is InChI=1S/C16H29N3O2/c1-13(2)9-7-5-6-8-10-17-11-14-15(20-3)18-12-19-16(14)21-4/h12-13,17H,5-11H2,1-4H3. The maximum absolute atomic E-state index is 5.25. The van der Waals surface area contributed by atoms with Crippen molar-refractivity contribution in [1.29, 1.82) is 0 Å². The Hall–Kier alpha value is -1.36. The van der Waals surface area contributed by atoms with Crippen molar-refractivity contribution in [2.24, 2.45) is 5.92 Å². The first-order valence-electron chi connectivity index (χ1n) is 7.81. The first-order chi connectivity index (χ1) is 10.2. The molecule has 1 aromatic heterocycles. The van der Waals surface area contributed by atoms with Crippen LogP contribution in [0.25, 0.3) is 0 Å². The molecule has 5 heteroatoms. The van der Waals surface area contributed by atoms with Crippen LogP contribution in [0.2, 0.25) is 0 Å². The van der Waals surface area contributed by atoms with Crippen molar-refractivity contribution < 1.29 is 9.47 Å². The second-order valence-corrected chi connectivity index (χ2v) is 5.64. The van der Waals surface area contributed by atoms with Gasteiger partial charge in [-0.15, -0.1) is 0 Å². The third-order valence-electron chi connectivity index (χ3n) is 3.44. The third-order valence-corrected chi connectivity index (χ3v) is 3.44. The fourth-order valence-corrected chi connectivity index (χ4v) is 2.25. The Balaban J connectivity index is 2.23. The van der Waals surface area contributed by atoms with Crippen LogP contribution in [-0.2, 0) is 6.54 Å². The van der Waals surface area contributed by atoms with Crippen LogP contribution in [0, 0.1) is 5.92 Å². The van der Waals surface area contributed by atoms with Gasteiger partial charge in [0.2, 0.25) is 11.8 Å². The highest BCUT2D eigenvalue weighted by Crippen LogP contribution is 2.22. The van der Waals surface area contributed by atoms with E-state index in [2.05, 4.69) is 29.1 Å². The van der Waals surface area contributed by atoms with Crippen LogP contribution in [-0.4, -0.2) is 30.7 Å². The van der Waals surface area contributed by atoms with Gasteiger partial charge in [-0.1, -0.05) is 39.5 Å². The maximum atomic E-state index is 5.25. The Morgan fingerprint density at radius 1 is 1.00 bits per heavy atom. The molecule has 0 unspecified atom stereocenters. The maximum Gasteiger partial charge on any atom is 0.224 e. The molecule has 0 aliphatic heterocycles. The van der Waals surface area contributed by atoms with E-state index >= 15 is 0 Å². The lowest BCUT2D eigenvalue weighted by molar-refractivity contribution is 0.359. The van der Waals surface area contributed by atoms with Gasteiger partial charge in [0.05, 0.1) is 19.8 Å². The van der Waals surface area contributed by atoms with Gasteiger partial charge in [0.1, 0.15) is 6.33 Å². The number of aromatic nitrogens is 2. The first kappa shape index (κ1) is 17.7. The highest BCUT2D eigenvalue weighted by atomic mass is 16.5. The molecule has 0 fully saturated rings. The zero-order valence-corrected chi connectivity index (χ0v) is 13.8. The number of nitrogens with one attached hydrogen (secondary N) is 1. The van der Waals surface area contributed by atoms with Crippen molar-refractivity contribution in [2.75, 3.05) is 20.8 Å². The quantitative estimate of drug-likeness (QED) is 0.635. The minimum absolute atomic E-state index is 0.575. The van der Waals surface area contributed by atoms with Crippen molar-refractivity contribution in [2.45, 2.75) is 52.5 Å². The summed E-state index contributed by atoms with van der Waals surface area (Å²) in [4.78, 5) is 8.22. The Morgan fingerprint density at radius 2 is 1.62 bits per heavy atom. The summed E-state index contributed by atoms with van der Waals surface area (Å²) in [6.07, 6.45) is 7.92. The monoisotopic (exact) mass is 295 g/mol. The van der Waals surface area contributed by atoms with E-state index in [1.807, 2.05) is 0 Å². The average Bonchev–Trinajstić information content (AvgIpc) is 2.49. The lowest BCUT2D eigenvalue weighted by Gasteiger charge is -2.11. The van der Waals surface area contributed by atoms with Crippen molar-refractivity contribution in [3.8, 4) is 11.8 Å². The van der Waals surface area contributed by atoms with Crippen LogP contribution in [0.4, 0.5) is 0 Å². The second-order valence-electron chi connectivity index (χ2n) is 5.64. The molecule has 1 aromatic rings. The Bertz CT molecular complexity index is 375. The van der Waals surface area contributed by atoms with Crippen LogP contribution in [0.3, 0.4) is 0 Å². The summed E-state index contributed by atoms with van der Waals surface area (Å²) < 4.78 is 10.5. The number of hydrogen-bond donors (Lipinski definition) is 1. The van der Waals surface area contributed by atoms with Gasteiger partial charge in [-0.2, -0.15) is 0 Å². The smallest absolute Gasteiger partial charge is 0.224 e. The number of ether oxygens (including phenoxy) is 2. The lowest BCUT2D eigenvalue weighted by atomic mass is 10.0. The van der Waals surface area contributed by atoms with Crippen LogP contribution in [0.1, 0.15) is 51.5 Å². The summed E-state index contributed by atoms with van der Waals surface area (Å²) >= 11 is 0. The minimum Gasteiger partial charge on any atom is -0.481 e. The zero-order chi connectivity index (χ0) is 15.5. The fraction of sp³-hybridized carbons (Fsp3) is 0.750. The van der Waals surface area contributed by atoms with Crippen molar-refractivity contribution in [3.63, 3.8) is 0 Å². The molecule has 0 saturated carbocycles. The SMILES string of the molecule is COc1ncnc(OC)c1CNCCCCCCC(C)C. The number of methoxy groups -OCH3 is 2. The number of rotatable bonds is 11. The van der Waals surface area contributed by atoms with Gasteiger partial charge in [0.15, 0.2) is 0 Å². The molecule has 0 spiro atoms. The van der Waals surface area contributed by atoms with Gasteiger partial charge in [0.25, 0.3) is 0 Å². The van der Waals surface area contributed by atoms with Crippen LogP contribution >= 0.6 is 0 Å². The van der Waals surface area contributed by atoms with Crippen LogP contribution < -0.4 is 14.8 Å². The molecule has 0 bridgehead atoms. The van der Waals surface area contributed by atoms with E-state index in [1.54, 1.807) is 14.2 Å². The zero-order valence-electron chi connectivity index (χ0n) is 13.8. The van der Waals surface area contributed by atoms with Gasteiger partial charge in [-0.05, 0) is 18.9 Å². The molecule has 5 nitrogen and oxygen atoms in total. The van der Waals surface area contributed by atoms with Gasteiger partial charge in [0, 0.05) is 6.54 Å². The highest BCUT2D eigenvalue weighted by Gasteiger charge is 2.11. The number of unbranched alkanes of at least 4 members (excludes halogenated alkanes) is 3. The van der Waals surface area contributed by atoms with E-state index < -0.39 is 0 Å². The van der Waals surface area contributed by atoms with E-state index in [-0.39, 0.29) is 0 Å². The fourth-order valence-electron chi connectivity index (χ4n) is 2.25. The van der Waals surface area contributed by atoms with E-state index in [0.29, 0.717) is 18.3 Å². The minimum atomic E-state index is 0.575. The van der Waals surface area contributed by atoms with Gasteiger partial charge in [-0.25, -0.2) is 9.97 Å². The summed E-state index contributed by atoms with van der Waals surface area (Å²) in [5, 5.41) is 3.41. The summed E-state index contributed by atoms with van der Waals surface area (Å²) in [5.74, 6) is 1.97. The summed E-state index contributed by atoms with van der Waals surface area (Å²) in [6.45, 7) is 6.22. The van der Waals surface area contributed by atoms with Crippen molar-refractivity contribution in [1.82, 2.24) is 15.3 Å². The largest absolute Gasteiger partial charge is 0.481 e. The molecule has 0 aliphatic carbocycles.